The van der Waals surface area contributed by atoms with Crippen LogP contribution in [0.15, 0.2) is 52.8 Å². The molecule has 0 radical (unpaired) electrons. The molecule has 1 amide bonds. The smallest absolute Gasteiger partial charge is 0.407 e. The molecule has 0 spiro atoms. The van der Waals surface area contributed by atoms with Crippen molar-refractivity contribution in [1.82, 2.24) is 15.3 Å². The van der Waals surface area contributed by atoms with Crippen molar-refractivity contribution >= 4 is 23.2 Å². The number of benzene rings is 1. The van der Waals surface area contributed by atoms with Crippen LogP contribution < -0.4 is 15.4 Å². The molecule has 0 atom stereocenters. The van der Waals surface area contributed by atoms with Gasteiger partial charge in [0.2, 0.25) is 0 Å². The molecular formula is C23H27FN4O4. The van der Waals surface area contributed by atoms with E-state index in [9.17, 15) is 9.18 Å². The number of carbonyl (C=O) groups is 1. The van der Waals surface area contributed by atoms with E-state index in [4.69, 9.17) is 13.9 Å². The molecule has 0 bridgehead atoms. The molecule has 0 saturated heterocycles. The fourth-order valence-corrected chi connectivity index (χ4v) is 2.63. The summed E-state index contributed by atoms with van der Waals surface area (Å²) < 4.78 is 29.5. The zero-order chi connectivity index (χ0) is 23.1. The lowest BCUT2D eigenvalue weighted by molar-refractivity contribution is 0.143. The van der Waals surface area contributed by atoms with Crippen LogP contribution in [0.1, 0.15) is 32.0 Å². The van der Waals surface area contributed by atoms with Gasteiger partial charge in [0.1, 0.15) is 24.5 Å². The summed E-state index contributed by atoms with van der Waals surface area (Å²) in [5.41, 5.74) is 2.88. The van der Waals surface area contributed by atoms with Crippen molar-refractivity contribution in [3.05, 3.63) is 59.7 Å². The third-order valence-electron chi connectivity index (χ3n) is 4.22. The molecule has 2 heterocycles. The fourth-order valence-electron chi connectivity index (χ4n) is 2.63. The first kappa shape index (κ1) is 23.1. The summed E-state index contributed by atoms with van der Waals surface area (Å²) in [6, 6.07) is 9.43. The number of pyridine rings is 1. The molecule has 0 unspecified atom stereocenters. The number of halogens is 1. The highest BCUT2D eigenvalue weighted by Gasteiger charge is 2.15. The number of ether oxygens (including phenoxy) is 2. The maximum Gasteiger partial charge on any atom is 0.407 e. The largest absolute Gasteiger partial charge is 0.489 e. The van der Waals surface area contributed by atoms with Gasteiger partial charge in [0.25, 0.3) is 6.01 Å². The van der Waals surface area contributed by atoms with Crippen LogP contribution in [0.4, 0.5) is 15.2 Å². The molecule has 0 aliphatic carbocycles. The van der Waals surface area contributed by atoms with Gasteiger partial charge >= 0.3 is 6.09 Å². The number of aryl methyl sites for hydroxylation is 1. The van der Waals surface area contributed by atoms with Gasteiger partial charge in [0.05, 0.1) is 6.33 Å². The summed E-state index contributed by atoms with van der Waals surface area (Å²) in [4.78, 5) is 20.4. The van der Waals surface area contributed by atoms with E-state index in [0.29, 0.717) is 35.7 Å². The number of rotatable bonds is 8. The Hall–Kier alpha value is -3.62. The summed E-state index contributed by atoms with van der Waals surface area (Å²) in [5.74, 6) is 0.474. The maximum absolute atomic E-state index is 13.2. The molecule has 0 saturated carbocycles. The minimum absolute atomic E-state index is 0.0789. The quantitative estimate of drug-likeness (QED) is 0.512. The highest BCUT2D eigenvalue weighted by Crippen LogP contribution is 2.24. The second kappa shape index (κ2) is 10.1. The number of amides is 1. The van der Waals surface area contributed by atoms with Crippen molar-refractivity contribution in [2.24, 2.45) is 0 Å². The molecule has 170 valence electrons. The minimum Gasteiger partial charge on any atom is -0.489 e. The van der Waals surface area contributed by atoms with Crippen LogP contribution in [-0.4, -0.2) is 34.8 Å². The van der Waals surface area contributed by atoms with Gasteiger partial charge in [-0.05, 0) is 51.5 Å². The van der Waals surface area contributed by atoms with E-state index in [-0.39, 0.29) is 18.8 Å². The van der Waals surface area contributed by atoms with Gasteiger partial charge < -0.3 is 24.5 Å². The highest BCUT2D eigenvalue weighted by molar-refractivity contribution is 5.76. The number of carbonyl (C=O) groups excluding carboxylic acids is 1. The molecule has 0 fully saturated rings. The monoisotopic (exact) mass is 442 g/mol. The Balaban J connectivity index is 1.53. The van der Waals surface area contributed by atoms with Crippen molar-refractivity contribution in [3.8, 4) is 5.75 Å². The number of fused-ring (bicyclic) bond motifs is 1. The summed E-state index contributed by atoms with van der Waals surface area (Å²) >= 11 is 0. The Bertz CT molecular complexity index is 1090. The summed E-state index contributed by atoms with van der Waals surface area (Å²) in [5, 5.41) is 5.76. The average molecular weight is 442 g/mol. The Morgan fingerprint density at radius 2 is 2.03 bits per heavy atom. The maximum atomic E-state index is 13.2. The molecule has 3 rings (SSSR count). The van der Waals surface area contributed by atoms with Crippen LogP contribution >= 0.6 is 0 Å². The second-order valence-corrected chi connectivity index (χ2v) is 8.32. The van der Waals surface area contributed by atoms with Crippen LogP contribution in [-0.2, 0) is 11.3 Å². The van der Waals surface area contributed by atoms with E-state index in [1.54, 1.807) is 24.4 Å². The number of aromatic nitrogens is 2. The molecule has 9 heteroatoms. The number of nitrogens with zero attached hydrogens (tertiary/aromatic N) is 2. The zero-order valence-electron chi connectivity index (χ0n) is 18.6. The molecular weight excluding hydrogens is 415 g/mol. The first-order chi connectivity index (χ1) is 15.2. The standard InChI is InChI=1S/C23H27FN4O4/c1-15-5-6-16(11-25-15)12-26-21-27-19-8-7-18(9-20(19)32-21)30-13-17(10-24)14-31-22(29)28-23(2,3)4/h5-11H,12-14H2,1-4H3,(H,26,27)(H,28,29)/b17-10+. The first-order valence-corrected chi connectivity index (χ1v) is 10.1. The fraction of sp³-hybridized carbons (Fsp3) is 0.348. The normalized spacial score (nSPS) is 12.0. The Kier molecular flexibility index (Phi) is 7.29. The lowest BCUT2D eigenvalue weighted by Gasteiger charge is -2.20. The van der Waals surface area contributed by atoms with E-state index in [2.05, 4.69) is 20.6 Å². The molecule has 1 aromatic carbocycles. The Labute approximate surface area is 185 Å². The molecule has 2 N–H and O–H groups in total. The van der Waals surface area contributed by atoms with Gasteiger partial charge in [-0.1, -0.05) is 6.07 Å². The zero-order valence-corrected chi connectivity index (χ0v) is 18.6. The van der Waals surface area contributed by atoms with E-state index in [1.165, 1.54) is 0 Å². The average Bonchev–Trinajstić information content (AvgIpc) is 3.14. The van der Waals surface area contributed by atoms with Crippen molar-refractivity contribution in [2.75, 3.05) is 18.5 Å². The van der Waals surface area contributed by atoms with E-state index >= 15 is 0 Å². The predicted octanol–water partition coefficient (Wildman–Crippen LogP) is 4.90. The summed E-state index contributed by atoms with van der Waals surface area (Å²) in [6.07, 6.45) is 1.55. The van der Waals surface area contributed by atoms with Crippen molar-refractivity contribution < 1.29 is 23.1 Å². The number of anilines is 1. The van der Waals surface area contributed by atoms with Gasteiger partial charge in [-0.3, -0.25) is 4.98 Å². The number of oxazole rings is 1. The number of hydrogen-bond donors (Lipinski definition) is 2. The van der Waals surface area contributed by atoms with Crippen LogP contribution in [0.5, 0.6) is 5.75 Å². The third-order valence-corrected chi connectivity index (χ3v) is 4.22. The van der Waals surface area contributed by atoms with Gasteiger partial charge in [-0.15, -0.1) is 0 Å². The summed E-state index contributed by atoms with van der Waals surface area (Å²) in [6.45, 7) is 7.63. The third kappa shape index (κ3) is 6.97. The topological polar surface area (TPSA) is 98.5 Å². The molecule has 0 aliphatic heterocycles. The Morgan fingerprint density at radius 1 is 1.22 bits per heavy atom. The van der Waals surface area contributed by atoms with E-state index in [1.807, 2.05) is 39.8 Å². The van der Waals surface area contributed by atoms with E-state index < -0.39 is 11.6 Å². The lowest BCUT2D eigenvalue weighted by atomic mass is 10.1. The van der Waals surface area contributed by atoms with Gasteiger partial charge in [0.15, 0.2) is 5.58 Å². The minimum atomic E-state index is -0.624. The van der Waals surface area contributed by atoms with Crippen LogP contribution in [0.3, 0.4) is 0 Å². The van der Waals surface area contributed by atoms with E-state index in [0.717, 1.165) is 11.3 Å². The van der Waals surface area contributed by atoms with Gasteiger partial charge in [-0.25, -0.2) is 9.18 Å². The number of hydrogen-bond acceptors (Lipinski definition) is 7. The van der Waals surface area contributed by atoms with Crippen LogP contribution in [0.25, 0.3) is 11.1 Å². The summed E-state index contributed by atoms with van der Waals surface area (Å²) in [7, 11) is 0. The highest BCUT2D eigenvalue weighted by atomic mass is 19.1. The molecule has 0 aliphatic rings. The molecule has 2 aromatic heterocycles. The van der Waals surface area contributed by atoms with Crippen molar-refractivity contribution in [2.45, 2.75) is 39.8 Å². The van der Waals surface area contributed by atoms with Crippen LogP contribution in [0, 0.1) is 6.92 Å². The second-order valence-electron chi connectivity index (χ2n) is 8.32. The SMILES string of the molecule is Cc1ccc(CNc2nc3ccc(OC/C(=C\F)COC(=O)NC(C)(C)C)cc3o2)cn1. The number of nitrogens with one attached hydrogen (secondary N) is 2. The van der Waals surface area contributed by atoms with Gasteiger partial charge in [-0.2, -0.15) is 4.98 Å². The van der Waals surface area contributed by atoms with Crippen molar-refractivity contribution in [3.63, 3.8) is 0 Å². The van der Waals surface area contributed by atoms with Crippen molar-refractivity contribution in [1.29, 1.82) is 0 Å². The number of alkyl carbamates (subject to hydrolysis) is 1. The lowest BCUT2D eigenvalue weighted by Crippen LogP contribution is -2.41. The molecule has 8 nitrogen and oxygen atoms in total. The molecule has 3 aromatic rings. The predicted molar refractivity (Wildman–Crippen MR) is 119 cm³/mol. The molecule has 32 heavy (non-hydrogen) atoms. The van der Waals surface area contributed by atoms with Crippen LogP contribution in [0.2, 0.25) is 0 Å². The van der Waals surface area contributed by atoms with Gasteiger partial charge in [0, 0.05) is 35.6 Å². The Morgan fingerprint density at radius 3 is 2.72 bits per heavy atom. The first-order valence-electron chi connectivity index (χ1n) is 10.1.